The summed E-state index contributed by atoms with van der Waals surface area (Å²) in [6.07, 6.45) is 6.62. The first-order chi connectivity index (χ1) is 9.70. The highest BCUT2D eigenvalue weighted by molar-refractivity contribution is 5.45. The van der Waals surface area contributed by atoms with Crippen LogP contribution >= 0.6 is 0 Å². The van der Waals surface area contributed by atoms with E-state index in [-0.39, 0.29) is 5.82 Å². The van der Waals surface area contributed by atoms with Crippen LogP contribution in [0.5, 0.6) is 0 Å². The van der Waals surface area contributed by atoms with E-state index in [1.54, 1.807) is 12.1 Å². The third kappa shape index (κ3) is 4.20. The van der Waals surface area contributed by atoms with Gasteiger partial charge in [-0.2, -0.15) is 0 Å². The Balaban J connectivity index is 1.99. The molecule has 0 heterocycles. The molecule has 1 N–H and O–H groups in total. The molecule has 1 aromatic carbocycles. The van der Waals surface area contributed by atoms with Crippen LogP contribution in [0.15, 0.2) is 24.3 Å². The van der Waals surface area contributed by atoms with Gasteiger partial charge in [-0.05, 0) is 49.6 Å². The quantitative estimate of drug-likeness (QED) is 0.824. The summed E-state index contributed by atoms with van der Waals surface area (Å²) in [6, 6.07) is 7.45. The predicted octanol–water partition coefficient (Wildman–Crippen LogP) is 3.82. The van der Waals surface area contributed by atoms with Crippen LogP contribution in [0.4, 0.5) is 10.1 Å². The van der Waals surface area contributed by atoms with Crippen molar-refractivity contribution >= 4 is 5.69 Å². The fourth-order valence-electron chi connectivity index (χ4n) is 3.29. The first-order valence-electron chi connectivity index (χ1n) is 7.90. The summed E-state index contributed by atoms with van der Waals surface area (Å²) in [6.45, 7) is 4.27. The average Bonchev–Trinajstić information content (AvgIpc) is 2.66. The van der Waals surface area contributed by atoms with Crippen LogP contribution in [0.25, 0.3) is 0 Å². The second-order valence-corrected chi connectivity index (χ2v) is 5.92. The standard InChI is InChI=1S/C17H27FN2/c1-3-19-17-8-6-4-5-7-14(17)13-20(2)16-11-9-15(18)10-12-16/h9-12,14,17,19H,3-8,13H2,1-2H3. The topological polar surface area (TPSA) is 15.3 Å². The van der Waals surface area contributed by atoms with E-state index in [2.05, 4.69) is 24.2 Å². The summed E-state index contributed by atoms with van der Waals surface area (Å²) in [4.78, 5) is 2.26. The summed E-state index contributed by atoms with van der Waals surface area (Å²) >= 11 is 0. The van der Waals surface area contributed by atoms with Crippen molar-refractivity contribution in [2.24, 2.45) is 5.92 Å². The molecule has 0 spiro atoms. The smallest absolute Gasteiger partial charge is 0.123 e. The van der Waals surface area contributed by atoms with Crippen molar-refractivity contribution in [3.05, 3.63) is 30.1 Å². The number of halogens is 1. The summed E-state index contributed by atoms with van der Waals surface area (Å²) in [5, 5.41) is 3.65. The third-order valence-corrected chi connectivity index (χ3v) is 4.40. The molecule has 0 amide bonds. The molecule has 2 unspecified atom stereocenters. The minimum absolute atomic E-state index is 0.165. The molecule has 1 aliphatic carbocycles. The summed E-state index contributed by atoms with van der Waals surface area (Å²) in [5.41, 5.74) is 1.10. The molecule has 1 aliphatic rings. The van der Waals surface area contributed by atoms with E-state index in [0.29, 0.717) is 12.0 Å². The molecule has 1 aromatic rings. The fourth-order valence-corrected chi connectivity index (χ4v) is 3.29. The maximum atomic E-state index is 13.0. The van der Waals surface area contributed by atoms with Crippen molar-refractivity contribution in [3.63, 3.8) is 0 Å². The summed E-state index contributed by atoms with van der Waals surface area (Å²) < 4.78 is 13.0. The summed E-state index contributed by atoms with van der Waals surface area (Å²) in [5.74, 6) is 0.523. The monoisotopic (exact) mass is 278 g/mol. The minimum atomic E-state index is -0.165. The van der Waals surface area contributed by atoms with E-state index in [4.69, 9.17) is 0 Å². The molecule has 0 saturated heterocycles. The minimum Gasteiger partial charge on any atom is -0.374 e. The van der Waals surface area contributed by atoms with Crippen molar-refractivity contribution in [2.75, 3.05) is 25.0 Å². The number of anilines is 1. The molecule has 3 heteroatoms. The molecule has 2 atom stereocenters. The maximum Gasteiger partial charge on any atom is 0.123 e. The van der Waals surface area contributed by atoms with E-state index < -0.39 is 0 Å². The number of hydrogen-bond donors (Lipinski definition) is 1. The Morgan fingerprint density at radius 3 is 2.55 bits per heavy atom. The van der Waals surface area contributed by atoms with Gasteiger partial charge in [0.1, 0.15) is 5.82 Å². The number of nitrogens with zero attached hydrogens (tertiary/aromatic N) is 1. The molecule has 0 aliphatic heterocycles. The van der Waals surface area contributed by atoms with Gasteiger partial charge in [-0.1, -0.05) is 26.2 Å². The lowest BCUT2D eigenvalue weighted by molar-refractivity contribution is 0.343. The Morgan fingerprint density at radius 2 is 1.85 bits per heavy atom. The van der Waals surface area contributed by atoms with Gasteiger partial charge in [0.25, 0.3) is 0 Å². The van der Waals surface area contributed by atoms with Crippen molar-refractivity contribution in [1.29, 1.82) is 0 Å². The third-order valence-electron chi connectivity index (χ3n) is 4.40. The van der Waals surface area contributed by atoms with Crippen LogP contribution in [0.2, 0.25) is 0 Å². The molecule has 2 nitrogen and oxygen atoms in total. The molecule has 1 saturated carbocycles. The van der Waals surface area contributed by atoms with Crippen LogP contribution < -0.4 is 10.2 Å². The normalized spacial score (nSPS) is 23.4. The molecular weight excluding hydrogens is 251 g/mol. The lowest BCUT2D eigenvalue weighted by Crippen LogP contribution is -2.41. The molecule has 1 fully saturated rings. The highest BCUT2D eigenvalue weighted by atomic mass is 19.1. The molecule has 0 bridgehead atoms. The summed E-state index contributed by atoms with van der Waals surface area (Å²) in [7, 11) is 2.11. The van der Waals surface area contributed by atoms with Gasteiger partial charge in [0, 0.05) is 25.3 Å². The molecule has 20 heavy (non-hydrogen) atoms. The van der Waals surface area contributed by atoms with Crippen LogP contribution in [-0.4, -0.2) is 26.2 Å². The SMILES string of the molecule is CCNC1CCCCCC1CN(C)c1ccc(F)cc1. The van der Waals surface area contributed by atoms with Gasteiger partial charge in [0.2, 0.25) is 0 Å². The number of rotatable bonds is 5. The van der Waals surface area contributed by atoms with E-state index in [0.717, 1.165) is 18.8 Å². The second-order valence-electron chi connectivity index (χ2n) is 5.92. The van der Waals surface area contributed by atoms with Gasteiger partial charge in [0.05, 0.1) is 0 Å². The van der Waals surface area contributed by atoms with E-state index >= 15 is 0 Å². The van der Waals surface area contributed by atoms with Gasteiger partial charge >= 0.3 is 0 Å². The maximum absolute atomic E-state index is 13.0. The molecule has 112 valence electrons. The van der Waals surface area contributed by atoms with Crippen molar-refractivity contribution in [2.45, 2.75) is 45.1 Å². The first kappa shape index (κ1) is 15.3. The molecular formula is C17H27FN2. The van der Waals surface area contributed by atoms with E-state index in [1.807, 2.05) is 12.1 Å². The highest BCUT2D eigenvalue weighted by Gasteiger charge is 2.24. The Labute approximate surface area is 122 Å². The van der Waals surface area contributed by atoms with Gasteiger partial charge in [-0.25, -0.2) is 4.39 Å². The molecule has 0 radical (unpaired) electrons. The van der Waals surface area contributed by atoms with Crippen molar-refractivity contribution in [3.8, 4) is 0 Å². The zero-order valence-electron chi connectivity index (χ0n) is 12.7. The fraction of sp³-hybridized carbons (Fsp3) is 0.647. The highest BCUT2D eigenvalue weighted by Crippen LogP contribution is 2.26. The Bertz CT molecular complexity index is 390. The van der Waals surface area contributed by atoms with Gasteiger partial charge in [0.15, 0.2) is 0 Å². The lowest BCUT2D eigenvalue weighted by atomic mass is 9.94. The number of nitrogens with one attached hydrogen (secondary N) is 1. The van der Waals surface area contributed by atoms with Crippen LogP contribution in [-0.2, 0) is 0 Å². The Kier molecular flexibility index (Phi) is 5.84. The average molecular weight is 278 g/mol. The predicted molar refractivity (Wildman–Crippen MR) is 83.7 cm³/mol. The van der Waals surface area contributed by atoms with Crippen LogP contribution in [0, 0.1) is 11.7 Å². The van der Waals surface area contributed by atoms with E-state index in [1.165, 1.54) is 32.1 Å². The zero-order chi connectivity index (χ0) is 14.4. The van der Waals surface area contributed by atoms with Crippen molar-refractivity contribution < 1.29 is 4.39 Å². The molecule has 2 rings (SSSR count). The van der Waals surface area contributed by atoms with Crippen molar-refractivity contribution in [1.82, 2.24) is 5.32 Å². The number of benzene rings is 1. The van der Waals surface area contributed by atoms with E-state index in [9.17, 15) is 4.39 Å². The largest absolute Gasteiger partial charge is 0.374 e. The van der Waals surface area contributed by atoms with Gasteiger partial charge < -0.3 is 10.2 Å². The second kappa shape index (κ2) is 7.63. The van der Waals surface area contributed by atoms with Crippen LogP contribution in [0.1, 0.15) is 39.0 Å². The van der Waals surface area contributed by atoms with Crippen LogP contribution in [0.3, 0.4) is 0 Å². The first-order valence-corrected chi connectivity index (χ1v) is 7.90. The Morgan fingerprint density at radius 1 is 1.15 bits per heavy atom. The molecule has 0 aromatic heterocycles. The van der Waals surface area contributed by atoms with Gasteiger partial charge in [-0.15, -0.1) is 0 Å². The lowest BCUT2D eigenvalue weighted by Gasteiger charge is -2.31. The number of hydrogen-bond acceptors (Lipinski definition) is 2. The Hall–Kier alpha value is -1.09. The zero-order valence-corrected chi connectivity index (χ0v) is 12.7. The van der Waals surface area contributed by atoms with Gasteiger partial charge in [-0.3, -0.25) is 0 Å².